The quantitative estimate of drug-likeness (QED) is 0.452. The highest BCUT2D eigenvalue weighted by Gasteiger charge is 2.60. The number of aliphatic hydroxyl groups is 1. The molecule has 0 bridgehead atoms. The molecule has 2 amide bonds. The van der Waals surface area contributed by atoms with Gasteiger partial charge in [0, 0.05) is 42.3 Å². The molecule has 4 aliphatic heterocycles. The van der Waals surface area contributed by atoms with Crippen LogP contribution in [0.5, 0.6) is 0 Å². The third kappa shape index (κ3) is 3.99. The second-order valence-corrected chi connectivity index (χ2v) is 10.6. The maximum Gasteiger partial charge on any atom is 0.353 e. The van der Waals surface area contributed by atoms with Gasteiger partial charge in [-0.15, -0.1) is 11.8 Å². The van der Waals surface area contributed by atoms with Gasteiger partial charge in [0.2, 0.25) is 11.8 Å². The first kappa shape index (κ1) is 22.6. The summed E-state index contributed by atoms with van der Waals surface area (Å²) in [6.45, 7) is 7.90. The second-order valence-electron chi connectivity index (χ2n) is 9.26. The van der Waals surface area contributed by atoms with E-state index in [-0.39, 0.29) is 41.3 Å². The van der Waals surface area contributed by atoms with Crippen LogP contribution in [0.25, 0.3) is 0 Å². The van der Waals surface area contributed by atoms with Gasteiger partial charge in [-0.3, -0.25) is 9.59 Å². The molecule has 0 aromatic carbocycles. The standard InChI is InChI=1S/C21H32N4O5S/c1-11-17-16(12(2)26)20(28)25(17)18(21(29)30)19(11)31-14-4-5-23(10-14)8-13-3-6-24(9-13)15(27)7-22/h11-14,16-17,26H,3-10,22H2,1-2H3,(H,29,30)/t11-,12-,13-,14-,16-,17-/m1/s1. The van der Waals surface area contributed by atoms with Gasteiger partial charge in [-0.2, -0.15) is 0 Å². The number of carbonyl (C=O) groups excluding carboxylic acids is 2. The number of hydrogen-bond acceptors (Lipinski definition) is 7. The number of rotatable bonds is 7. The number of β-lactam (4-membered cyclic amide) rings is 1. The fraction of sp³-hybridized carbons (Fsp3) is 0.762. The Bertz CT molecular complexity index is 803. The molecule has 172 valence electrons. The summed E-state index contributed by atoms with van der Waals surface area (Å²) in [5.74, 6) is -1.51. The van der Waals surface area contributed by atoms with E-state index in [0.717, 1.165) is 50.5 Å². The van der Waals surface area contributed by atoms with Gasteiger partial charge >= 0.3 is 5.97 Å². The summed E-state index contributed by atoms with van der Waals surface area (Å²) in [5.41, 5.74) is 5.58. The Hall–Kier alpha value is -1.62. The Morgan fingerprint density at radius 2 is 2.00 bits per heavy atom. The number of aliphatic hydroxyl groups excluding tert-OH is 1. The van der Waals surface area contributed by atoms with Gasteiger partial charge in [-0.05, 0) is 32.2 Å². The molecular formula is C21H32N4O5S. The normalized spacial score (nSPS) is 34.3. The van der Waals surface area contributed by atoms with E-state index in [9.17, 15) is 24.6 Å². The smallest absolute Gasteiger partial charge is 0.353 e. The third-order valence-electron chi connectivity index (χ3n) is 7.16. The van der Waals surface area contributed by atoms with Crippen molar-refractivity contribution in [2.24, 2.45) is 23.5 Å². The number of nitrogens with zero attached hydrogens (tertiary/aromatic N) is 3. The zero-order chi connectivity index (χ0) is 22.4. The van der Waals surface area contributed by atoms with E-state index in [1.54, 1.807) is 18.7 Å². The van der Waals surface area contributed by atoms with Gasteiger partial charge in [0.15, 0.2) is 0 Å². The molecule has 0 aromatic heterocycles. The molecule has 4 N–H and O–H groups in total. The molecule has 0 aromatic rings. The average Bonchev–Trinajstić information content (AvgIpc) is 3.41. The lowest BCUT2D eigenvalue weighted by Crippen LogP contribution is -2.63. The predicted molar refractivity (Wildman–Crippen MR) is 116 cm³/mol. The van der Waals surface area contributed by atoms with Crippen LogP contribution in [0.4, 0.5) is 0 Å². The van der Waals surface area contributed by atoms with E-state index < -0.39 is 18.0 Å². The van der Waals surface area contributed by atoms with Crippen molar-refractivity contribution < 1.29 is 24.6 Å². The third-order valence-corrected chi connectivity index (χ3v) is 8.70. The molecule has 0 radical (unpaired) electrons. The number of carbonyl (C=O) groups is 3. The lowest BCUT2D eigenvalue weighted by Gasteiger charge is -2.46. The minimum Gasteiger partial charge on any atom is -0.477 e. The van der Waals surface area contributed by atoms with E-state index >= 15 is 0 Å². The Balaban J connectivity index is 1.37. The van der Waals surface area contributed by atoms with Crippen molar-refractivity contribution in [3.63, 3.8) is 0 Å². The van der Waals surface area contributed by atoms with Crippen LogP contribution in [-0.4, -0.2) is 99.4 Å². The summed E-state index contributed by atoms with van der Waals surface area (Å²) in [4.78, 5) is 42.6. The lowest BCUT2D eigenvalue weighted by molar-refractivity contribution is -0.163. The van der Waals surface area contributed by atoms with Crippen LogP contribution >= 0.6 is 11.8 Å². The van der Waals surface area contributed by atoms with Crippen molar-refractivity contribution in [1.29, 1.82) is 0 Å². The highest BCUT2D eigenvalue weighted by molar-refractivity contribution is 8.03. The Morgan fingerprint density at radius 3 is 2.65 bits per heavy atom. The summed E-state index contributed by atoms with van der Waals surface area (Å²) in [5, 5.41) is 20.0. The summed E-state index contributed by atoms with van der Waals surface area (Å²) in [6.07, 6.45) is 1.17. The number of carboxylic acid groups (broad SMARTS) is 1. The molecule has 31 heavy (non-hydrogen) atoms. The Morgan fingerprint density at radius 1 is 1.26 bits per heavy atom. The molecule has 3 fully saturated rings. The highest BCUT2D eigenvalue weighted by atomic mass is 32.2. The molecule has 4 heterocycles. The maximum absolute atomic E-state index is 12.5. The Labute approximate surface area is 186 Å². The summed E-state index contributed by atoms with van der Waals surface area (Å²) in [6, 6.07) is -0.261. The summed E-state index contributed by atoms with van der Waals surface area (Å²) in [7, 11) is 0. The number of likely N-dealkylation sites (tertiary alicyclic amines) is 2. The molecule has 0 aliphatic carbocycles. The minimum atomic E-state index is -1.07. The molecular weight excluding hydrogens is 420 g/mol. The van der Waals surface area contributed by atoms with Crippen LogP contribution in [0.3, 0.4) is 0 Å². The van der Waals surface area contributed by atoms with Crippen molar-refractivity contribution in [2.45, 2.75) is 44.1 Å². The second kappa shape index (κ2) is 8.73. The van der Waals surface area contributed by atoms with E-state index in [1.807, 2.05) is 11.8 Å². The van der Waals surface area contributed by atoms with E-state index in [0.29, 0.717) is 5.92 Å². The minimum absolute atomic E-state index is 0.00962. The Kier molecular flexibility index (Phi) is 6.35. The van der Waals surface area contributed by atoms with Crippen molar-refractivity contribution in [3.05, 3.63) is 10.6 Å². The van der Waals surface area contributed by atoms with Crippen LogP contribution in [0.1, 0.15) is 26.7 Å². The number of thioether (sulfide) groups is 1. The highest BCUT2D eigenvalue weighted by Crippen LogP contribution is 2.51. The first-order valence-electron chi connectivity index (χ1n) is 11.1. The monoisotopic (exact) mass is 452 g/mol. The fourth-order valence-electron chi connectivity index (χ4n) is 5.62. The zero-order valence-corrected chi connectivity index (χ0v) is 18.9. The molecule has 4 rings (SSSR count). The van der Waals surface area contributed by atoms with Crippen molar-refractivity contribution >= 4 is 29.5 Å². The molecule has 6 atom stereocenters. The number of aliphatic carboxylic acids is 1. The van der Waals surface area contributed by atoms with Gasteiger partial charge in [0.1, 0.15) is 5.70 Å². The first-order valence-corrected chi connectivity index (χ1v) is 12.0. The first-order chi connectivity index (χ1) is 14.7. The van der Waals surface area contributed by atoms with E-state index in [1.165, 1.54) is 4.90 Å². The molecule has 0 unspecified atom stereocenters. The molecule has 3 saturated heterocycles. The van der Waals surface area contributed by atoms with Crippen molar-refractivity contribution in [2.75, 3.05) is 39.3 Å². The van der Waals surface area contributed by atoms with Crippen LogP contribution in [0, 0.1) is 17.8 Å². The lowest BCUT2D eigenvalue weighted by atomic mass is 9.79. The van der Waals surface area contributed by atoms with Gasteiger partial charge in [0.05, 0.1) is 24.6 Å². The molecule has 10 heteroatoms. The number of hydrogen-bond donors (Lipinski definition) is 3. The van der Waals surface area contributed by atoms with E-state index in [2.05, 4.69) is 4.90 Å². The van der Waals surface area contributed by atoms with Gasteiger partial charge < -0.3 is 30.6 Å². The SMILES string of the molecule is C[C@@H](O)[C@H]1C(=O)N2C(C(=O)O)=C(S[C@@H]3CCN(C[C@H]4CCN(C(=O)CN)C4)C3)[C@H](C)[C@H]12. The van der Waals surface area contributed by atoms with Gasteiger partial charge in [-0.1, -0.05) is 6.92 Å². The topological polar surface area (TPSA) is 127 Å². The fourth-order valence-corrected chi connectivity index (χ4v) is 7.14. The molecule has 9 nitrogen and oxygen atoms in total. The number of carboxylic acids is 1. The number of fused-ring (bicyclic) bond motifs is 1. The van der Waals surface area contributed by atoms with Crippen molar-refractivity contribution in [3.8, 4) is 0 Å². The maximum atomic E-state index is 12.5. The van der Waals surface area contributed by atoms with Gasteiger partial charge in [-0.25, -0.2) is 4.79 Å². The van der Waals surface area contributed by atoms with Crippen LogP contribution in [0.2, 0.25) is 0 Å². The molecule has 4 aliphatic rings. The molecule has 0 saturated carbocycles. The predicted octanol–water partition coefficient (Wildman–Crippen LogP) is -0.245. The van der Waals surface area contributed by atoms with Crippen LogP contribution < -0.4 is 5.73 Å². The largest absolute Gasteiger partial charge is 0.477 e. The number of amides is 2. The summed E-state index contributed by atoms with van der Waals surface area (Å²) >= 11 is 1.59. The van der Waals surface area contributed by atoms with E-state index in [4.69, 9.17) is 5.73 Å². The van der Waals surface area contributed by atoms with Crippen molar-refractivity contribution in [1.82, 2.24) is 14.7 Å². The average molecular weight is 453 g/mol. The summed E-state index contributed by atoms with van der Waals surface area (Å²) < 4.78 is 0. The molecule has 0 spiro atoms. The zero-order valence-electron chi connectivity index (χ0n) is 18.1. The number of nitrogens with two attached hydrogens (primary N) is 1. The van der Waals surface area contributed by atoms with Crippen LogP contribution in [0.15, 0.2) is 10.6 Å². The van der Waals surface area contributed by atoms with Gasteiger partial charge in [0.25, 0.3) is 0 Å². The van der Waals surface area contributed by atoms with Crippen LogP contribution in [-0.2, 0) is 14.4 Å².